The van der Waals surface area contributed by atoms with E-state index in [4.69, 9.17) is 18.9 Å². The van der Waals surface area contributed by atoms with Crippen LogP contribution in [0.5, 0.6) is 23.0 Å². The van der Waals surface area contributed by atoms with Gasteiger partial charge in [0.15, 0.2) is 0 Å². The molecule has 0 aromatic heterocycles. The van der Waals surface area contributed by atoms with Gasteiger partial charge >= 0.3 is 0 Å². The largest absolute Gasteiger partial charge is 0.496 e. The van der Waals surface area contributed by atoms with Gasteiger partial charge < -0.3 is 28.7 Å². The Balaban J connectivity index is 2.68. The molecule has 0 aliphatic heterocycles. The summed E-state index contributed by atoms with van der Waals surface area (Å²) in [4.78, 5) is 4.47. The molecule has 0 unspecified atom stereocenters. The van der Waals surface area contributed by atoms with E-state index in [2.05, 4.69) is 44.1 Å². The lowest BCUT2D eigenvalue weighted by molar-refractivity contribution is 0.400. The fourth-order valence-corrected chi connectivity index (χ4v) is 4.00. The van der Waals surface area contributed by atoms with Gasteiger partial charge in [-0.05, 0) is 45.4 Å². The third-order valence-corrected chi connectivity index (χ3v) is 5.86. The highest BCUT2D eigenvalue weighted by molar-refractivity contribution is 5.88. The Hall–Kier alpha value is -3.02. The molecule has 2 rings (SSSR count). The highest BCUT2D eigenvalue weighted by atomic mass is 16.5. The molecule has 0 N–H and O–H groups in total. The van der Waals surface area contributed by atoms with E-state index in [1.807, 2.05) is 24.3 Å². The summed E-state index contributed by atoms with van der Waals surface area (Å²) in [7, 11) is 6.71. The normalized spacial score (nSPS) is 10.5. The molecule has 176 valence electrons. The van der Waals surface area contributed by atoms with Crippen molar-refractivity contribution in [3.63, 3.8) is 0 Å². The second-order valence-electron chi connectivity index (χ2n) is 7.27. The number of nitrogens with zero attached hydrogens (tertiary/aromatic N) is 2. The molecule has 0 fully saturated rings. The minimum absolute atomic E-state index is 0.728. The highest BCUT2D eigenvalue weighted by Crippen LogP contribution is 2.44. The van der Waals surface area contributed by atoms with Crippen molar-refractivity contribution in [3.8, 4) is 23.0 Å². The maximum Gasteiger partial charge on any atom is 0.143 e. The first-order valence-corrected chi connectivity index (χ1v) is 11.2. The molecule has 2 aromatic rings. The number of benzene rings is 2. The highest BCUT2D eigenvalue weighted by Gasteiger charge is 2.22. The Morgan fingerprint density at radius 2 is 0.906 bits per heavy atom. The number of rotatable bonds is 12. The van der Waals surface area contributed by atoms with Gasteiger partial charge in [-0.1, -0.05) is 6.58 Å². The van der Waals surface area contributed by atoms with Crippen molar-refractivity contribution < 1.29 is 18.9 Å². The first kappa shape index (κ1) is 25.2. The molecule has 0 saturated carbocycles. The average molecular weight is 443 g/mol. The third kappa shape index (κ3) is 4.90. The quantitative estimate of drug-likeness (QED) is 0.434. The lowest BCUT2D eigenvalue weighted by Crippen LogP contribution is -2.22. The number of methoxy groups -OCH3 is 4. The van der Waals surface area contributed by atoms with Crippen molar-refractivity contribution in [2.24, 2.45) is 0 Å². The molecule has 0 aliphatic rings. The van der Waals surface area contributed by atoms with Crippen LogP contribution in [0.4, 0.5) is 11.4 Å². The summed E-state index contributed by atoms with van der Waals surface area (Å²) in [5.74, 6) is 3.01. The summed E-state index contributed by atoms with van der Waals surface area (Å²) in [6, 6.07) is 8.00. The van der Waals surface area contributed by atoms with Crippen molar-refractivity contribution in [2.75, 3.05) is 64.4 Å². The van der Waals surface area contributed by atoms with Crippen molar-refractivity contribution in [1.29, 1.82) is 0 Å². The smallest absolute Gasteiger partial charge is 0.143 e. The number of anilines is 2. The van der Waals surface area contributed by atoms with Crippen LogP contribution in [0.25, 0.3) is 5.57 Å². The van der Waals surface area contributed by atoms with Gasteiger partial charge in [0.1, 0.15) is 23.0 Å². The van der Waals surface area contributed by atoms with E-state index >= 15 is 0 Å². The van der Waals surface area contributed by atoms with E-state index < -0.39 is 0 Å². The molecule has 0 heterocycles. The zero-order chi connectivity index (χ0) is 23.8. The van der Waals surface area contributed by atoms with Crippen LogP contribution in [0, 0.1) is 0 Å². The van der Waals surface area contributed by atoms with Gasteiger partial charge in [0, 0.05) is 49.4 Å². The van der Waals surface area contributed by atoms with Gasteiger partial charge in [0.2, 0.25) is 0 Å². The van der Waals surface area contributed by atoms with Crippen LogP contribution in [0.2, 0.25) is 0 Å². The van der Waals surface area contributed by atoms with Crippen LogP contribution in [-0.2, 0) is 0 Å². The molecule has 0 aliphatic carbocycles. The summed E-state index contributed by atoms with van der Waals surface area (Å²) in [5.41, 5.74) is 4.44. The zero-order valence-corrected chi connectivity index (χ0v) is 20.9. The Bertz CT molecular complexity index is 845. The molecule has 32 heavy (non-hydrogen) atoms. The minimum atomic E-state index is 0.728. The molecule has 0 spiro atoms. The Labute approximate surface area is 193 Å². The molecule has 0 atom stereocenters. The summed E-state index contributed by atoms with van der Waals surface area (Å²) in [5, 5.41) is 0. The van der Waals surface area contributed by atoms with Gasteiger partial charge in [0.25, 0.3) is 0 Å². The zero-order valence-electron chi connectivity index (χ0n) is 20.9. The SMILES string of the molecule is C=C(c1cc(OC)c(N(CC)CC)cc1OC)c1cc(OC)c(N(CC)CC)cc1OC. The second-order valence-corrected chi connectivity index (χ2v) is 7.27. The summed E-state index contributed by atoms with van der Waals surface area (Å²) >= 11 is 0. The van der Waals surface area contributed by atoms with Crippen molar-refractivity contribution in [2.45, 2.75) is 27.7 Å². The lowest BCUT2D eigenvalue weighted by Gasteiger charge is -2.27. The third-order valence-electron chi connectivity index (χ3n) is 5.86. The van der Waals surface area contributed by atoms with Crippen LogP contribution in [-0.4, -0.2) is 54.6 Å². The van der Waals surface area contributed by atoms with Gasteiger partial charge in [-0.15, -0.1) is 0 Å². The number of hydrogen-bond acceptors (Lipinski definition) is 6. The predicted octanol–water partition coefficient (Wildman–Crippen LogP) is 5.47. The number of hydrogen-bond donors (Lipinski definition) is 0. The van der Waals surface area contributed by atoms with Gasteiger partial charge in [-0.3, -0.25) is 0 Å². The van der Waals surface area contributed by atoms with Crippen LogP contribution >= 0.6 is 0 Å². The van der Waals surface area contributed by atoms with E-state index in [9.17, 15) is 0 Å². The standard InChI is InChI=1S/C26H38N2O4/c1-10-27(11-2)21-16-23(29-6)19(14-25(21)31-8)18(5)20-15-26(32-9)22(17-24(20)30-7)28(12-3)13-4/h14-17H,5,10-13H2,1-4,6-9H3. The topological polar surface area (TPSA) is 43.4 Å². The maximum absolute atomic E-state index is 5.77. The molecule has 6 heteroatoms. The van der Waals surface area contributed by atoms with Crippen LogP contribution in [0.3, 0.4) is 0 Å². The van der Waals surface area contributed by atoms with E-state index in [1.54, 1.807) is 28.4 Å². The van der Waals surface area contributed by atoms with Crippen molar-refractivity contribution in [3.05, 3.63) is 42.0 Å². The van der Waals surface area contributed by atoms with Crippen molar-refractivity contribution in [1.82, 2.24) is 0 Å². The summed E-state index contributed by atoms with van der Waals surface area (Å²) in [6.45, 7) is 16.4. The van der Waals surface area contributed by atoms with Crippen molar-refractivity contribution >= 4 is 16.9 Å². The lowest BCUT2D eigenvalue weighted by atomic mass is 9.96. The van der Waals surface area contributed by atoms with Gasteiger partial charge in [-0.2, -0.15) is 0 Å². The van der Waals surface area contributed by atoms with E-state index in [0.29, 0.717) is 0 Å². The molecule has 2 aromatic carbocycles. The summed E-state index contributed by atoms with van der Waals surface area (Å²) in [6.07, 6.45) is 0. The first-order chi connectivity index (χ1) is 15.4. The summed E-state index contributed by atoms with van der Waals surface area (Å²) < 4.78 is 23.0. The van der Waals surface area contributed by atoms with E-state index in [0.717, 1.165) is 77.3 Å². The second kappa shape index (κ2) is 11.6. The molecule has 0 amide bonds. The van der Waals surface area contributed by atoms with Crippen LogP contribution in [0.15, 0.2) is 30.8 Å². The fraction of sp³-hybridized carbons (Fsp3) is 0.462. The van der Waals surface area contributed by atoms with Gasteiger partial charge in [-0.25, -0.2) is 0 Å². The Morgan fingerprint density at radius 1 is 0.594 bits per heavy atom. The van der Waals surface area contributed by atoms with Crippen LogP contribution in [0.1, 0.15) is 38.8 Å². The molecule has 0 radical (unpaired) electrons. The maximum atomic E-state index is 5.77. The molecule has 0 bridgehead atoms. The first-order valence-electron chi connectivity index (χ1n) is 11.2. The van der Waals surface area contributed by atoms with E-state index in [-0.39, 0.29) is 0 Å². The minimum Gasteiger partial charge on any atom is -0.496 e. The average Bonchev–Trinajstić information content (AvgIpc) is 2.84. The Kier molecular flexibility index (Phi) is 9.12. The molecule has 6 nitrogen and oxygen atoms in total. The molecule has 0 saturated heterocycles. The number of ether oxygens (including phenoxy) is 4. The van der Waals surface area contributed by atoms with Gasteiger partial charge in [0.05, 0.1) is 39.8 Å². The van der Waals surface area contributed by atoms with Crippen LogP contribution < -0.4 is 28.7 Å². The van der Waals surface area contributed by atoms with E-state index in [1.165, 1.54) is 0 Å². The Morgan fingerprint density at radius 3 is 1.16 bits per heavy atom. The molecular weight excluding hydrogens is 404 g/mol. The molecular formula is C26H38N2O4. The monoisotopic (exact) mass is 442 g/mol. The fourth-order valence-electron chi connectivity index (χ4n) is 4.00. The predicted molar refractivity (Wildman–Crippen MR) is 134 cm³/mol.